The van der Waals surface area contributed by atoms with E-state index in [1.165, 1.54) is 4.90 Å². The smallest absolute Gasteiger partial charge is 0.327 e. The van der Waals surface area contributed by atoms with Crippen LogP contribution in [0.3, 0.4) is 0 Å². The number of rotatable bonds is 3. The lowest BCUT2D eigenvalue weighted by molar-refractivity contribution is -0.152. The minimum Gasteiger partial charge on any atom is -0.381 e. The lowest BCUT2D eigenvalue weighted by Gasteiger charge is -2.58. The zero-order valence-electron chi connectivity index (χ0n) is 14.6. The molecule has 0 bridgehead atoms. The van der Waals surface area contributed by atoms with Gasteiger partial charge in [0.2, 0.25) is 0 Å². The van der Waals surface area contributed by atoms with Crippen LogP contribution in [-0.4, -0.2) is 66.2 Å². The molecule has 0 aromatic carbocycles. The van der Waals surface area contributed by atoms with Gasteiger partial charge in [0.25, 0.3) is 5.91 Å². The molecule has 138 valence electrons. The molecule has 4 aliphatic rings. The third-order valence-corrected chi connectivity index (χ3v) is 6.61. The van der Waals surface area contributed by atoms with Crippen molar-refractivity contribution in [3.63, 3.8) is 0 Å². The summed E-state index contributed by atoms with van der Waals surface area (Å²) in [5, 5.41) is 2.79. The Bertz CT molecular complexity index is 602. The predicted octanol–water partition coefficient (Wildman–Crippen LogP) is 0.657. The van der Waals surface area contributed by atoms with Gasteiger partial charge in [-0.25, -0.2) is 9.59 Å². The summed E-state index contributed by atoms with van der Waals surface area (Å²) in [6, 6.07) is -0.513. The van der Waals surface area contributed by atoms with Gasteiger partial charge in [-0.15, -0.1) is 0 Å². The molecule has 0 aromatic heterocycles. The Morgan fingerprint density at radius 2 is 1.92 bits per heavy atom. The van der Waals surface area contributed by atoms with Crippen molar-refractivity contribution in [3.05, 3.63) is 0 Å². The van der Waals surface area contributed by atoms with Gasteiger partial charge >= 0.3 is 12.1 Å². The summed E-state index contributed by atoms with van der Waals surface area (Å²) in [7, 11) is 1.59. The second-order valence-corrected chi connectivity index (χ2v) is 8.33. The van der Waals surface area contributed by atoms with E-state index in [-0.39, 0.29) is 23.4 Å². The van der Waals surface area contributed by atoms with Crippen LogP contribution in [0.2, 0.25) is 0 Å². The van der Waals surface area contributed by atoms with Crippen molar-refractivity contribution in [1.82, 2.24) is 15.1 Å². The summed E-state index contributed by atoms with van der Waals surface area (Å²) in [6.07, 6.45) is 5.18. The molecule has 0 aromatic rings. The Balaban J connectivity index is 1.44. The minimum absolute atomic E-state index is 0.0549. The van der Waals surface area contributed by atoms with E-state index < -0.39 is 11.6 Å². The van der Waals surface area contributed by atoms with E-state index in [0.717, 1.165) is 38.5 Å². The zero-order chi connectivity index (χ0) is 17.8. The highest BCUT2D eigenvalue weighted by molar-refractivity contribution is 6.07. The van der Waals surface area contributed by atoms with E-state index in [1.54, 1.807) is 7.05 Å². The van der Waals surface area contributed by atoms with Gasteiger partial charge in [0.15, 0.2) is 0 Å². The molecule has 3 N–H and O–H groups in total. The number of nitrogens with two attached hydrogens (primary N) is 1. The molecule has 8 nitrogen and oxygen atoms in total. The van der Waals surface area contributed by atoms with Crippen molar-refractivity contribution in [2.24, 2.45) is 17.1 Å². The Morgan fingerprint density at radius 1 is 1.28 bits per heavy atom. The van der Waals surface area contributed by atoms with Crippen molar-refractivity contribution in [3.8, 4) is 0 Å². The molecule has 2 aliphatic heterocycles. The van der Waals surface area contributed by atoms with Gasteiger partial charge in [-0.3, -0.25) is 9.69 Å². The highest BCUT2D eigenvalue weighted by atomic mass is 16.5. The first-order chi connectivity index (χ1) is 11.9. The highest BCUT2D eigenvalue weighted by Gasteiger charge is 2.67. The molecule has 0 unspecified atom stereocenters. The standard InChI is InChI=1S/C17H26N4O4/c1-20-13(22)17(21(15(20)24)6-11-7-25-8-11)9-16(10-17)4-2-12(3-5-16)19-14(18)23/h11-12H,2-10H2,1H3,(H3,18,19,23). The largest absolute Gasteiger partial charge is 0.381 e. The number of likely N-dealkylation sites (N-methyl/N-ethyl adjacent to an activating group) is 1. The topological polar surface area (TPSA) is 105 Å². The average molecular weight is 350 g/mol. The quantitative estimate of drug-likeness (QED) is 0.729. The van der Waals surface area contributed by atoms with Crippen LogP contribution in [0.25, 0.3) is 0 Å². The van der Waals surface area contributed by atoms with E-state index in [0.29, 0.717) is 25.7 Å². The number of nitrogens with one attached hydrogen (secondary N) is 1. The third kappa shape index (κ3) is 2.49. The minimum atomic E-state index is -0.647. The maximum Gasteiger partial charge on any atom is 0.327 e. The number of nitrogens with zero attached hydrogens (tertiary/aromatic N) is 2. The van der Waals surface area contributed by atoms with Crippen molar-refractivity contribution in [2.45, 2.75) is 50.1 Å². The zero-order valence-corrected chi connectivity index (χ0v) is 14.6. The fraction of sp³-hybridized carbons (Fsp3) is 0.824. The molecule has 0 atom stereocenters. The SMILES string of the molecule is CN1C(=O)N(CC2COC2)C2(CC3(CCC(NC(N)=O)CC3)C2)C1=O. The molecule has 2 heterocycles. The van der Waals surface area contributed by atoms with Crippen molar-refractivity contribution in [2.75, 3.05) is 26.8 Å². The number of amides is 5. The van der Waals surface area contributed by atoms with E-state index in [9.17, 15) is 14.4 Å². The molecular weight excluding hydrogens is 324 g/mol. The Morgan fingerprint density at radius 3 is 2.44 bits per heavy atom. The third-order valence-electron chi connectivity index (χ3n) is 6.61. The number of carbonyl (C=O) groups is 3. The molecule has 2 saturated carbocycles. The fourth-order valence-corrected chi connectivity index (χ4v) is 5.24. The average Bonchev–Trinajstić information content (AvgIpc) is 2.67. The molecule has 2 saturated heterocycles. The van der Waals surface area contributed by atoms with Crippen LogP contribution in [-0.2, 0) is 9.53 Å². The number of hydrogen-bond donors (Lipinski definition) is 2. The van der Waals surface area contributed by atoms with Gasteiger partial charge in [0, 0.05) is 25.6 Å². The number of urea groups is 2. The number of ether oxygens (including phenoxy) is 1. The summed E-state index contributed by atoms with van der Waals surface area (Å²) in [6.45, 7) is 1.95. The van der Waals surface area contributed by atoms with Gasteiger partial charge in [-0.2, -0.15) is 0 Å². The number of primary amides is 1. The number of hydrogen-bond acceptors (Lipinski definition) is 4. The van der Waals surface area contributed by atoms with Crippen LogP contribution < -0.4 is 11.1 Å². The molecule has 0 radical (unpaired) electrons. The van der Waals surface area contributed by atoms with Crippen molar-refractivity contribution in [1.29, 1.82) is 0 Å². The van der Waals surface area contributed by atoms with Crippen LogP contribution in [0.15, 0.2) is 0 Å². The molecule has 4 rings (SSSR count). The van der Waals surface area contributed by atoms with Gasteiger partial charge in [-0.05, 0) is 43.9 Å². The summed E-state index contributed by atoms with van der Waals surface area (Å²) < 4.78 is 5.23. The van der Waals surface area contributed by atoms with Crippen LogP contribution in [0, 0.1) is 11.3 Å². The summed E-state index contributed by atoms with van der Waals surface area (Å²) in [5.41, 5.74) is 4.68. The first kappa shape index (κ1) is 16.6. The molecular formula is C17H26N4O4. The predicted molar refractivity (Wildman–Crippen MR) is 88.6 cm³/mol. The number of imide groups is 1. The van der Waals surface area contributed by atoms with Crippen LogP contribution >= 0.6 is 0 Å². The Hall–Kier alpha value is -1.83. The maximum atomic E-state index is 12.8. The normalized spacial score (nSPS) is 38.2. The van der Waals surface area contributed by atoms with E-state index in [2.05, 4.69) is 5.32 Å². The van der Waals surface area contributed by atoms with Crippen LogP contribution in [0.1, 0.15) is 38.5 Å². The van der Waals surface area contributed by atoms with Crippen molar-refractivity contribution < 1.29 is 19.1 Å². The van der Waals surface area contributed by atoms with Gasteiger partial charge in [-0.1, -0.05) is 0 Å². The highest BCUT2D eigenvalue weighted by Crippen LogP contribution is 2.61. The first-order valence-electron chi connectivity index (χ1n) is 9.09. The maximum absolute atomic E-state index is 12.8. The lowest BCUT2D eigenvalue weighted by atomic mass is 9.51. The molecule has 5 amide bonds. The molecule has 2 aliphatic carbocycles. The molecule has 4 fully saturated rings. The summed E-state index contributed by atoms with van der Waals surface area (Å²) >= 11 is 0. The summed E-state index contributed by atoms with van der Waals surface area (Å²) in [5.74, 6) is 0.285. The van der Waals surface area contributed by atoms with Crippen LogP contribution in [0.5, 0.6) is 0 Å². The summed E-state index contributed by atoms with van der Waals surface area (Å²) in [4.78, 5) is 39.5. The van der Waals surface area contributed by atoms with E-state index in [4.69, 9.17) is 10.5 Å². The van der Waals surface area contributed by atoms with E-state index in [1.807, 2.05) is 4.90 Å². The number of carbonyl (C=O) groups excluding carboxylic acids is 3. The van der Waals surface area contributed by atoms with Crippen LogP contribution in [0.4, 0.5) is 9.59 Å². The lowest BCUT2D eigenvalue weighted by Crippen LogP contribution is -2.65. The van der Waals surface area contributed by atoms with Gasteiger partial charge < -0.3 is 20.7 Å². The first-order valence-corrected chi connectivity index (χ1v) is 9.09. The Kier molecular flexibility index (Phi) is 3.72. The second-order valence-electron chi connectivity index (χ2n) is 8.33. The second kappa shape index (κ2) is 5.59. The fourth-order valence-electron chi connectivity index (χ4n) is 5.24. The Labute approximate surface area is 147 Å². The van der Waals surface area contributed by atoms with Gasteiger partial charge in [0.05, 0.1) is 13.2 Å². The van der Waals surface area contributed by atoms with Crippen molar-refractivity contribution >= 4 is 18.0 Å². The molecule has 2 spiro atoms. The molecule has 25 heavy (non-hydrogen) atoms. The monoisotopic (exact) mass is 350 g/mol. The van der Waals surface area contributed by atoms with Gasteiger partial charge in [0.1, 0.15) is 5.54 Å². The van der Waals surface area contributed by atoms with E-state index >= 15 is 0 Å². The molecule has 8 heteroatoms.